The lowest BCUT2D eigenvalue weighted by Crippen LogP contribution is -2.13. The van der Waals surface area contributed by atoms with Gasteiger partial charge in [-0.3, -0.25) is 0 Å². The fraction of sp³-hybridized carbons (Fsp3) is 0.357. The van der Waals surface area contributed by atoms with Crippen molar-refractivity contribution in [3.63, 3.8) is 0 Å². The third-order valence-corrected chi connectivity index (χ3v) is 3.16. The van der Waals surface area contributed by atoms with Gasteiger partial charge < -0.3 is 20.7 Å². The molecule has 0 saturated carbocycles. The van der Waals surface area contributed by atoms with Crippen LogP contribution in [0, 0.1) is 0 Å². The minimum Gasteiger partial charge on any atom is -0.397 e. The number of hydrogen-bond acceptors (Lipinski definition) is 4. The first-order valence-corrected chi connectivity index (χ1v) is 6.77. The number of aliphatic hydroxyl groups excluding tert-OH is 1. The fourth-order valence-corrected chi connectivity index (χ4v) is 2.06. The van der Waals surface area contributed by atoms with Crippen molar-refractivity contribution in [3.05, 3.63) is 36.4 Å². The summed E-state index contributed by atoms with van der Waals surface area (Å²) in [6, 6.07) is 2.28. The van der Waals surface area contributed by atoms with Crippen LogP contribution in [0.25, 0.3) is 5.69 Å². The van der Waals surface area contributed by atoms with E-state index in [4.69, 9.17) is 10.8 Å². The Morgan fingerprint density at radius 2 is 2.05 bits per heavy atom. The van der Waals surface area contributed by atoms with Gasteiger partial charge in [0.25, 0.3) is 0 Å². The summed E-state index contributed by atoms with van der Waals surface area (Å²) in [5.41, 5.74) is 5.32. The summed E-state index contributed by atoms with van der Waals surface area (Å²) in [5, 5.41) is 11.7. The smallest absolute Gasteiger partial charge is 0.397 e. The van der Waals surface area contributed by atoms with Gasteiger partial charge in [-0.15, -0.1) is 0 Å². The number of halogens is 3. The van der Waals surface area contributed by atoms with Gasteiger partial charge in [-0.2, -0.15) is 13.2 Å². The number of anilines is 2. The Morgan fingerprint density at radius 3 is 2.64 bits per heavy atom. The molecule has 0 spiro atoms. The molecule has 0 atom stereocenters. The second-order valence-corrected chi connectivity index (χ2v) is 4.78. The first-order valence-electron chi connectivity index (χ1n) is 6.77. The lowest BCUT2D eigenvalue weighted by Gasteiger charge is -2.17. The molecule has 0 aliphatic heterocycles. The standard InChI is InChI=1S/C14H17F3N4O/c15-14(16,17)10-7-11(18)12(20-3-1-2-6-22)8-13(10)21-5-4-19-9-21/h4-5,7-9,20,22H,1-3,6,18H2. The Morgan fingerprint density at radius 1 is 1.27 bits per heavy atom. The third-order valence-electron chi connectivity index (χ3n) is 3.16. The van der Waals surface area contributed by atoms with Crippen LogP contribution in [-0.2, 0) is 6.18 Å². The molecule has 1 heterocycles. The second kappa shape index (κ2) is 6.69. The molecule has 8 heteroatoms. The maximum absolute atomic E-state index is 13.2. The third kappa shape index (κ3) is 3.70. The molecule has 5 nitrogen and oxygen atoms in total. The molecule has 0 aliphatic rings. The number of rotatable bonds is 6. The van der Waals surface area contributed by atoms with E-state index in [-0.39, 0.29) is 18.0 Å². The fourth-order valence-electron chi connectivity index (χ4n) is 2.06. The normalized spacial score (nSPS) is 11.6. The monoisotopic (exact) mass is 314 g/mol. The molecule has 22 heavy (non-hydrogen) atoms. The summed E-state index contributed by atoms with van der Waals surface area (Å²) in [7, 11) is 0. The van der Waals surface area contributed by atoms with E-state index in [2.05, 4.69) is 10.3 Å². The Kier molecular flexibility index (Phi) is 4.92. The Bertz CT molecular complexity index is 611. The zero-order chi connectivity index (χ0) is 16.2. The van der Waals surface area contributed by atoms with Crippen LogP contribution in [0.15, 0.2) is 30.9 Å². The van der Waals surface area contributed by atoms with Gasteiger partial charge in [-0.05, 0) is 25.0 Å². The van der Waals surface area contributed by atoms with E-state index in [0.29, 0.717) is 25.1 Å². The zero-order valence-corrected chi connectivity index (χ0v) is 11.8. The van der Waals surface area contributed by atoms with Gasteiger partial charge in [-0.25, -0.2) is 4.98 Å². The highest BCUT2D eigenvalue weighted by Gasteiger charge is 2.34. The zero-order valence-electron chi connectivity index (χ0n) is 11.8. The van der Waals surface area contributed by atoms with Crippen LogP contribution >= 0.6 is 0 Å². The number of nitrogens with one attached hydrogen (secondary N) is 1. The van der Waals surface area contributed by atoms with Crippen LogP contribution in [0.5, 0.6) is 0 Å². The summed E-state index contributed by atoms with van der Waals surface area (Å²) in [4.78, 5) is 3.78. The molecule has 0 saturated heterocycles. The number of aromatic nitrogens is 2. The highest BCUT2D eigenvalue weighted by atomic mass is 19.4. The molecular formula is C14H17F3N4O. The van der Waals surface area contributed by atoms with Crippen LogP contribution in [-0.4, -0.2) is 27.8 Å². The number of nitrogens with two attached hydrogens (primary N) is 1. The number of nitrogens with zero attached hydrogens (tertiary/aromatic N) is 2. The van der Waals surface area contributed by atoms with Crippen molar-refractivity contribution < 1.29 is 18.3 Å². The summed E-state index contributed by atoms with van der Waals surface area (Å²) < 4.78 is 40.8. The molecule has 2 rings (SSSR count). The van der Waals surface area contributed by atoms with E-state index in [9.17, 15) is 13.2 Å². The Labute approximate surface area is 125 Å². The predicted octanol–water partition coefficient (Wildman–Crippen LogP) is 2.66. The van der Waals surface area contributed by atoms with Gasteiger partial charge in [0.05, 0.1) is 29.0 Å². The molecule has 0 amide bonds. The first-order chi connectivity index (χ1) is 10.4. The number of hydrogen-bond donors (Lipinski definition) is 3. The maximum Gasteiger partial charge on any atom is 0.418 e. The van der Waals surface area contributed by atoms with Crippen molar-refractivity contribution in [2.24, 2.45) is 0 Å². The second-order valence-electron chi connectivity index (χ2n) is 4.78. The van der Waals surface area contributed by atoms with Gasteiger partial charge in [0, 0.05) is 25.5 Å². The largest absolute Gasteiger partial charge is 0.418 e. The number of aliphatic hydroxyl groups is 1. The Balaban J connectivity index is 2.36. The number of imidazole rings is 1. The van der Waals surface area contributed by atoms with Crippen molar-refractivity contribution in [2.45, 2.75) is 19.0 Å². The average Bonchev–Trinajstić information content (AvgIpc) is 2.97. The number of alkyl halides is 3. The summed E-state index contributed by atoms with van der Waals surface area (Å²) in [5.74, 6) is 0. The number of benzene rings is 1. The highest BCUT2D eigenvalue weighted by Crippen LogP contribution is 2.37. The molecule has 1 aromatic heterocycles. The van der Waals surface area contributed by atoms with Crippen molar-refractivity contribution in [2.75, 3.05) is 24.2 Å². The van der Waals surface area contributed by atoms with Crippen molar-refractivity contribution in [1.29, 1.82) is 0 Å². The van der Waals surface area contributed by atoms with E-state index in [1.165, 1.54) is 29.4 Å². The topological polar surface area (TPSA) is 76.1 Å². The molecule has 0 radical (unpaired) electrons. The van der Waals surface area contributed by atoms with Gasteiger partial charge in [0.1, 0.15) is 0 Å². The van der Waals surface area contributed by atoms with Crippen LogP contribution in [0.3, 0.4) is 0 Å². The first kappa shape index (κ1) is 16.2. The highest BCUT2D eigenvalue weighted by molar-refractivity contribution is 5.72. The quantitative estimate of drug-likeness (QED) is 0.566. The lowest BCUT2D eigenvalue weighted by atomic mass is 10.1. The van der Waals surface area contributed by atoms with Gasteiger partial charge in [-0.1, -0.05) is 0 Å². The van der Waals surface area contributed by atoms with E-state index >= 15 is 0 Å². The van der Waals surface area contributed by atoms with Gasteiger partial charge in [0.2, 0.25) is 0 Å². The minimum absolute atomic E-state index is 0.0280. The van der Waals surface area contributed by atoms with E-state index < -0.39 is 11.7 Å². The minimum atomic E-state index is -4.51. The summed E-state index contributed by atoms with van der Waals surface area (Å²) in [6.07, 6.45) is 0.944. The molecule has 4 N–H and O–H groups in total. The molecule has 0 fully saturated rings. The summed E-state index contributed by atoms with van der Waals surface area (Å²) in [6.45, 7) is 0.587. The molecule has 0 aliphatic carbocycles. The average molecular weight is 314 g/mol. The van der Waals surface area contributed by atoms with Crippen LogP contribution in [0.2, 0.25) is 0 Å². The van der Waals surface area contributed by atoms with Crippen molar-refractivity contribution in [1.82, 2.24) is 9.55 Å². The molecular weight excluding hydrogens is 297 g/mol. The summed E-state index contributed by atoms with van der Waals surface area (Å²) >= 11 is 0. The van der Waals surface area contributed by atoms with Crippen LogP contribution in [0.4, 0.5) is 24.5 Å². The van der Waals surface area contributed by atoms with Gasteiger partial charge >= 0.3 is 6.18 Å². The van der Waals surface area contributed by atoms with Crippen molar-refractivity contribution >= 4 is 11.4 Å². The maximum atomic E-state index is 13.2. The lowest BCUT2D eigenvalue weighted by molar-refractivity contribution is -0.137. The molecule has 1 aromatic carbocycles. The molecule has 2 aromatic rings. The predicted molar refractivity (Wildman–Crippen MR) is 77.8 cm³/mol. The molecule has 0 unspecified atom stereocenters. The SMILES string of the molecule is Nc1cc(C(F)(F)F)c(-n2ccnc2)cc1NCCCCO. The Hall–Kier alpha value is -2.22. The van der Waals surface area contributed by atoms with Crippen LogP contribution < -0.4 is 11.1 Å². The van der Waals surface area contributed by atoms with Gasteiger partial charge in [0.15, 0.2) is 0 Å². The number of unbranched alkanes of at least 4 members (excludes halogenated alkanes) is 1. The van der Waals surface area contributed by atoms with E-state index in [1.807, 2.05) is 0 Å². The van der Waals surface area contributed by atoms with E-state index in [1.54, 1.807) is 0 Å². The molecule has 0 bridgehead atoms. The molecule has 120 valence electrons. The van der Waals surface area contributed by atoms with E-state index in [0.717, 1.165) is 6.07 Å². The van der Waals surface area contributed by atoms with Crippen molar-refractivity contribution in [3.8, 4) is 5.69 Å². The van der Waals surface area contributed by atoms with Crippen LogP contribution in [0.1, 0.15) is 18.4 Å². The number of nitrogen functional groups attached to an aromatic ring is 1.